The highest BCUT2D eigenvalue weighted by Crippen LogP contribution is 2.51. The zero-order chi connectivity index (χ0) is 21.6. The van der Waals surface area contributed by atoms with E-state index in [1.165, 1.54) is 24.3 Å². The lowest BCUT2D eigenvalue weighted by atomic mass is 10.0. The predicted octanol–water partition coefficient (Wildman–Crippen LogP) is 4.07. The van der Waals surface area contributed by atoms with Crippen LogP contribution in [0.15, 0.2) is 48.7 Å². The van der Waals surface area contributed by atoms with Gasteiger partial charge in [-0.3, -0.25) is 9.78 Å². The lowest BCUT2D eigenvalue weighted by Crippen LogP contribution is -2.37. The fourth-order valence-corrected chi connectivity index (χ4v) is 4.42. The van der Waals surface area contributed by atoms with E-state index >= 15 is 0 Å². The summed E-state index contributed by atoms with van der Waals surface area (Å²) >= 11 is 0. The lowest BCUT2D eigenvalue weighted by Gasteiger charge is -2.31. The van der Waals surface area contributed by atoms with Crippen LogP contribution >= 0.6 is 0 Å². The first-order valence-electron chi connectivity index (χ1n) is 10.6. The molecule has 7 heteroatoms. The Morgan fingerprint density at radius 1 is 1.16 bits per heavy atom. The molecule has 1 aliphatic carbocycles. The van der Waals surface area contributed by atoms with Crippen molar-refractivity contribution in [2.24, 2.45) is 5.92 Å². The topological polar surface area (TPSA) is 71.0 Å². The number of anilines is 2. The Labute approximate surface area is 180 Å². The number of amides is 1. The van der Waals surface area contributed by atoms with Gasteiger partial charge in [0.25, 0.3) is 5.91 Å². The molecule has 0 radical (unpaired) electrons. The molecule has 0 unspecified atom stereocenters. The summed E-state index contributed by atoms with van der Waals surface area (Å²) in [5.41, 5.74) is 2.93. The lowest BCUT2D eigenvalue weighted by molar-refractivity contribution is 0.0926. The summed E-state index contributed by atoms with van der Waals surface area (Å²) in [5, 5.41) is 3.17. The van der Waals surface area contributed by atoms with Gasteiger partial charge in [0.2, 0.25) is 0 Å². The molecule has 1 fully saturated rings. The number of rotatable bonds is 4. The average molecular weight is 417 g/mol. The molecule has 2 aliphatic rings. The number of aryl methyl sites for hydroxylation is 2. The number of hydrogen-bond acceptors (Lipinski definition) is 5. The maximum atomic E-state index is 13.2. The highest BCUT2D eigenvalue weighted by molar-refractivity contribution is 5.95. The molecule has 158 valence electrons. The summed E-state index contributed by atoms with van der Waals surface area (Å²) in [7, 11) is 0. The number of carbonyl (C=O) groups is 1. The molecule has 2 atom stereocenters. The molecule has 5 rings (SSSR count). The molecule has 2 aromatic heterocycles. The van der Waals surface area contributed by atoms with Gasteiger partial charge in [0.1, 0.15) is 17.5 Å². The van der Waals surface area contributed by atoms with E-state index in [9.17, 15) is 9.18 Å². The minimum absolute atomic E-state index is 0.207. The van der Waals surface area contributed by atoms with Crippen LogP contribution in [0.2, 0.25) is 0 Å². The average Bonchev–Trinajstić information content (AvgIpc) is 3.43. The van der Waals surface area contributed by atoms with Crippen LogP contribution in [0.1, 0.15) is 47.3 Å². The maximum Gasteiger partial charge on any atom is 0.252 e. The first-order valence-corrected chi connectivity index (χ1v) is 10.6. The van der Waals surface area contributed by atoms with E-state index in [0.717, 1.165) is 54.5 Å². The highest BCUT2D eigenvalue weighted by Gasteiger charge is 2.55. The van der Waals surface area contributed by atoms with Gasteiger partial charge < -0.3 is 10.2 Å². The smallest absolute Gasteiger partial charge is 0.252 e. The Hall–Kier alpha value is -3.35. The number of carbonyl (C=O) groups excluding carboxylic acids is 1. The van der Waals surface area contributed by atoms with Crippen LogP contribution in [0.4, 0.5) is 15.9 Å². The Kier molecular flexibility index (Phi) is 4.68. The van der Waals surface area contributed by atoms with Crippen molar-refractivity contribution < 1.29 is 9.18 Å². The van der Waals surface area contributed by atoms with Crippen molar-refractivity contribution >= 4 is 17.4 Å². The van der Waals surface area contributed by atoms with E-state index in [1.54, 1.807) is 6.20 Å². The van der Waals surface area contributed by atoms with E-state index in [4.69, 9.17) is 4.98 Å². The first kappa shape index (κ1) is 19.6. The first-order chi connectivity index (χ1) is 15.0. The number of aromatic nitrogens is 3. The molecule has 1 amide bonds. The van der Waals surface area contributed by atoms with E-state index in [-0.39, 0.29) is 17.6 Å². The molecule has 0 bridgehead atoms. The van der Waals surface area contributed by atoms with Gasteiger partial charge in [-0.2, -0.15) is 0 Å². The Morgan fingerprint density at radius 3 is 2.65 bits per heavy atom. The molecule has 3 aromatic rings. The van der Waals surface area contributed by atoms with Gasteiger partial charge in [-0.1, -0.05) is 6.92 Å². The molecule has 31 heavy (non-hydrogen) atoms. The third kappa shape index (κ3) is 3.54. The minimum atomic E-state index is -0.478. The Balaban J connectivity index is 1.44. The quantitative estimate of drug-likeness (QED) is 0.693. The number of nitrogens with zero attached hydrogens (tertiary/aromatic N) is 4. The number of benzene rings is 1. The van der Waals surface area contributed by atoms with Crippen LogP contribution < -0.4 is 10.2 Å². The summed E-state index contributed by atoms with van der Waals surface area (Å²) in [5.74, 6) is 1.34. The fourth-order valence-electron chi connectivity index (χ4n) is 4.42. The molecule has 1 aliphatic heterocycles. The summed E-state index contributed by atoms with van der Waals surface area (Å²) < 4.78 is 13.2. The van der Waals surface area contributed by atoms with E-state index < -0.39 is 5.54 Å². The van der Waals surface area contributed by atoms with Gasteiger partial charge in [0, 0.05) is 18.3 Å². The maximum absolute atomic E-state index is 13.2. The van der Waals surface area contributed by atoms with Gasteiger partial charge in [0.15, 0.2) is 0 Å². The van der Waals surface area contributed by atoms with Crippen molar-refractivity contribution in [3.8, 4) is 0 Å². The summed E-state index contributed by atoms with van der Waals surface area (Å²) in [6.45, 7) is 4.88. The molecule has 1 aromatic carbocycles. The van der Waals surface area contributed by atoms with Gasteiger partial charge in [0.05, 0.1) is 22.6 Å². The number of nitrogens with one attached hydrogen (secondary N) is 1. The van der Waals surface area contributed by atoms with E-state index in [0.29, 0.717) is 5.56 Å². The molecule has 0 spiro atoms. The van der Waals surface area contributed by atoms with Crippen LogP contribution in [0.25, 0.3) is 0 Å². The Morgan fingerprint density at radius 2 is 1.94 bits per heavy atom. The van der Waals surface area contributed by atoms with Crippen LogP contribution in [-0.2, 0) is 12.0 Å². The van der Waals surface area contributed by atoms with Gasteiger partial charge in [-0.15, -0.1) is 0 Å². The standard InChI is InChI=1S/C24H24FN5O/c1-15-14-24(15,29-23(31)17-5-7-18(25)8-6-17)21-10-9-20-19(28-21)4-3-13-30(20)22-11-12-26-16(2)27-22/h5-12,15H,3-4,13-14H2,1-2H3,(H,29,31)/t15-,24+/m0/s1. The molecule has 0 saturated heterocycles. The van der Waals surface area contributed by atoms with Gasteiger partial charge in [-0.05, 0) is 74.6 Å². The second kappa shape index (κ2) is 7.41. The summed E-state index contributed by atoms with van der Waals surface area (Å²) in [6.07, 6.45) is 4.48. The largest absolute Gasteiger partial charge is 0.341 e. The number of pyridine rings is 1. The molecular weight excluding hydrogens is 393 g/mol. The van der Waals surface area contributed by atoms with Crippen LogP contribution in [0, 0.1) is 18.7 Å². The van der Waals surface area contributed by atoms with Crippen molar-refractivity contribution in [3.63, 3.8) is 0 Å². The SMILES string of the molecule is Cc1nccc(N2CCCc3nc([C@@]4(NC(=O)c5ccc(F)cc5)C[C@@H]4C)ccc32)n1. The summed E-state index contributed by atoms with van der Waals surface area (Å²) in [4.78, 5) is 28.8. The zero-order valence-corrected chi connectivity index (χ0v) is 17.6. The Bertz CT molecular complexity index is 1150. The predicted molar refractivity (Wildman–Crippen MR) is 116 cm³/mol. The van der Waals surface area contributed by atoms with Crippen molar-refractivity contribution in [1.82, 2.24) is 20.3 Å². The van der Waals surface area contributed by atoms with Gasteiger partial charge >= 0.3 is 0 Å². The number of fused-ring (bicyclic) bond motifs is 1. The van der Waals surface area contributed by atoms with Crippen LogP contribution in [-0.4, -0.2) is 27.4 Å². The second-order valence-electron chi connectivity index (χ2n) is 8.42. The molecular formula is C24H24FN5O. The molecule has 1 N–H and O–H groups in total. The van der Waals surface area contributed by atoms with E-state index in [1.807, 2.05) is 19.1 Å². The van der Waals surface area contributed by atoms with Crippen molar-refractivity contribution in [2.75, 3.05) is 11.4 Å². The third-order valence-corrected chi connectivity index (χ3v) is 6.28. The highest BCUT2D eigenvalue weighted by atomic mass is 19.1. The fraction of sp³-hybridized carbons (Fsp3) is 0.333. The van der Waals surface area contributed by atoms with Gasteiger partial charge in [-0.25, -0.2) is 14.4 Å². The normalized spacial score (nSPS) is 22.0. The second-order valence-corrected chi connectivity index (χ2v) is 8.42. The number of hydrogen-bond donors (Lipinski definition) is 1. The number of halogens is 1. The monoisotopic (exact) mass is 417 g/mol. The van der Waals surface area contributed by atoms with Crippen molar-refractivity contribution in [1.29, 1.82) is 0 Å². The molecule has 1 saturated carbocycles. The molecule has 6 nitrogen and oxygen atoms in total. The van der Waals surface area contributed by atoms with Crippen molar-refractivity contribution in [2.45, 2.75) is 38.6 Å². The van der Waals surface area contributed by atoms with E-state index in [2.05, 4.69) is 33.2 Å². The third-order valence-electron chi connectivity index (χ3n) is 6.28. The molecule has 3 heterocycles. The van der Waals surface area contributed by atoms with Crippen LogP contribution in [0.3, 0.4) is 0 Å². The summed E-state index contributed by atoms with van der Waals surface area (Å²) in [6, 6.07) is 11.6. The minimum Gasteiger partial charge on any atom is -0.341 e. The van der Waals surface area contributed by atoms with Crippen molar-refractivity contribution in [3.05, 3.63) is 77.3 Å². The van der Waals surface area contributed by atoms with Crippen LogP contribution in [0.5, 0.6) is 0 Å². The zero-order valence-electron chi connectivity index (χ0n) is 17.6.